The smallest absolute Gasteiger partial charge is 0.295 e. The van der Waals surface area contributed by atoms with Gasteiger partial charge in [-0.3, -0.25) is 4.79 Å². The van der Waals surface area contributed by atoms with Gasteiger partial charge in [-0.05, 0) is 31.0 Å². The normalized spacial score (nSPS) is 15.6. The first kappa shape index (κ1) is 18.3. The molecular formula is C19H19N5O3S. The SMILES string of the molecule is Nc1[nH]c(N=NC(=O)c2cccc(S(=O)(=O)N3CCCC3)c2)c2ccccc12. The zero-order chi connectivity index (χ0) is 19.7. The van der Waals surface area contributed by atoms with Gasteiger partial charge in [0.2, 0.25) is 10.0 Å². The van der Waals surface area contributed by atoms with Gasteiger partial charge in [0.05, 0.1) is 4.90 Å². The van der Waals surface area contributed by atoms with Crippen LogP contribution in [0, 0.1) is 0 Å². The van der Waals surface area contributed by atoms with Crippen molar-refractivity contribution in [2.24, 2.45) is 10.2 Å². The van der Waals surface area contributed by atoms with Gasteiger partial charge in [-0.2, -0.15) is 4.31 Å². The minimum Gasteiger partial charge on any atom is -0.385 e. The molecular weight excluding hydrogens is 378 g/mol. The van der Waals surface area contributed by atoms with Gasteiger partial charge in [0.1, 0.15) is 5.82 Å². The molecule has 1 aliphatic heterocycles. The summed E-state index contributed by atoms with van der Waals surface area (Å²) < 4.78 is 26.8. The van der Waals surface area contributed by atoms with E-state index in [4.69, 9.17) is 5.73 Å². The number of anilines is 1. The van der Waals surface area contributed by atoms with Gasteiger partial charge in [0, 0.05) is 29.4 Å². The van der Waals surface area contributed by atoms with Crippen LogP contribution in [0.4, 0.5) is 11.6 Å². The fourth-order valence-electron chi connectivity index (χ4n) is 3.29. The van der Waals surface area contributed by atoms with Gasteiger partial charge in [0.25, 0.3) is 5.91 Å². The molecule has 9 heteroatoms. The third kappa shape index (κ3) is 3.30. The number of nitrogens with one attached hydrogen (secondary N) is 1. The molecule has 1 aliphatic rings. The Bertz CT molecular complexity index is 1180. The van der Waals surface area contributed by atoms with Crippen molar-refractivity contribution in [2.45, 2.75) is 17.7 Å². The number of H-pyrrole nitrogens is 1. The summed E-state index contributed by atoms with van der Waals surface area (Å²) in [7, 11) is -3.60. The van der Waals surface area contributed by atoms with E-state index in [0.717, 1.165) is 23.6 Å². The third-order valence-electron chi connectivity index (χ3n) is 4.75. The second-order valence-corrected chi connectivity index (χ2v) is 8.51. The largest absolute Gasteiger partial charge is 0.385 e. The molecule has 3 aromatic rings. The summed E-state index contributed by atoms with van der Waals surface area (Å²) in [5, 5.41) is 9.27. The zero-order valence-electron chi connectivity index (χ0n) is 15.0. The number of sulfonamides is 1. The lowest BCUT2D eigenvalue weighted by atomic mass is 10.2. The predicted octanol–water partition coefficient (Wildman–Crippen LogP) is 3.46. The van der Waals surface area contributed by atoms with Crippen molar-refractivity contribution >= 4 is 38.3 Å². The number of carbonyl (C=O) groups is 1. The van der Waals surface area contributed by atoms with E-state index >= 15 is 0 Å². The van der Waals surface area contributed by atoms with E-state index in [1.165, 1.54) is 28.6 Å². The number of amides is 1. The molecule has 1 amide bonds. The second-order valence-electron chi connectivity index (χ2n) is 6.58. The Balaban J connectivity index is 1.61. The van der Waals surface area contributed by atoms with Crippen LogP contribution in [0.25, 0.3) is 10.8 Å². The highest BCUT2D eigenvalue weighted by Gasteiger charge is 2.27. The molecule has 2 heterocycles. The van der Waals surface area contributed by atoms with Gasteiger partial charge in [-0.15, -0.1) is 10.2 Å². The van der Waals surface area contributed by atoms with E-state index in [1.54, 1.807) is 0 Å². The summed E-state index contributed by atoms with van der Waals surface area (Å²) in [6, 6.07) is 13.2. The van der Waals surface area contributed by atoms with Gasteiger partial charge in [0.15, 0.2) is 5.82 Å². The molecule has 8 nitrogen and oxygen atoms in total. The van der Waals surface area contributed by atoms with Crippen molar-refractivity contribution in [3.05, 3.63) is 54.1 Å². The molecule has 0 spiro atoms. The number of benzene rings is 2. The Hall–Kier alpha value is -3.04. The molecule has 0 radical (unpaired) electrons. The first-order chi connectivity index (χ1) is 13.5. The monoisotopic (exact) mass is 397 g/mol. The van der Waals surface area contributed by atoms with E-state index in [1.807, 2.05) is 24.3 Å². The molecule has 0 unspecified atom stereocenters. The minimum atomic E-state index is -3.60. The number of hydrogen-bond donors (Lipinski definition) is 2. The summed E-state index contributed by atoms with van der Waals surface area (Å²) in [6.45, 7) is 1.00. The Kier molecular flexibility index (Phi) is 4.70. The van der Waals surface area contributed by atoms with Gasteiger partial charge >= 0.3 is 0 Å². The average Bonchev–Trinajstić information content (AvgIpc) is 3.36. The second kappa shape index (κ2) is 7.17. The maximum Gasteiger partial charge on any atom is 0.295 e. The summed E-state index contributed by atoms with van der Waals surface area (Å²) in [6.07, 6.45) is 1.69. The van der Waals surface area contributed by atoms with Crippen LogP contribution in [0.1, 0.15) is 23.2 Å². The third-order valence-corrected chi connectivity index (χ3v) is 6.64. The Morgan fingerprint density at radius 1 is 1.04 bits per heavy atom. The van der Waals surface area contributed by atoms with Gasteiger partial charge < -0.3 is 10.7 Å². The lowest BCUT2D eigenvalue weighted by Crippen LogP contribution is -2.27. The van der Waals surface area contributed by atoms with E-state index in [-0.39, 0.29) is 10.5 Å². The number of nitrogen functional groups attached to an aromatic ring is 1. The van der Waals surface area contributed by atoms with Gasteiger partial charge in [-0.1, -0.05) is 30.3 Å². The molecule has 4 rings (SSSR count). The van der Waals surface area contributed by atoms with E-state index in [9.17, 15) is 13.2 Å². The molecule has 1 saturated heterocycles. The lowest BCUT2D eigenvalue weighted by Gasteiger charge is -2.15. The number of carbonyl (C=O) groups excluding carboxylic acids is 1. The maximum atomic E-state index is 12.7. The quantitative estimate of drug-likeness (QED) is 0.655. The Labute approximate surface area is 162 Å². The molecule has 0 bridgehead atoms. The number of fused-ring (bicyclic) bond motifs is 1. The number of rotatable bonds is 4. The van der Waals surface area contributed by atoms with E-state index < -0.39 is 15.9 Å². The first-order valence-electron chi connectivity index (χ1n) is 8.89. The molecule has 28 heavy (non-hydrogen) atoms. The van der Waals surface area contributed by atoms with Crippen LogP contribution in [-0.4, -0.2) is 36.7 Å². The number of aromatic amines is 1. The lowest BCUT2D eigenvalue weighted by molar-refractivity contribution is 0.0994. The topological polar surface area (TPSA) is 121 Å². The average molecular weight is 397 g/mol. The standard InChI is InChI=1S/C19H19N5O3S/c20-17-15-8-1-2-9-16(15)18(21-17)22-23-19(25)13-6-5-7-14(12-13)28(26,27)24-10-3-4-11-24/h1-2,5-9,12,21H,3-4,10-11,20H2. The number of nitrogens with zero attached hydrogens (tertiary/aromatic N) is 3. The fraction of sp³-hybridized carbons (Fsp3) is 0.211. The molecule has 0 atom stereocenters. The van der Waals surface area contributed by atoms with Crippen molar-refractivity contribution in [3.8, 4) is 0 Å². The molecule has 1 aromatic heterocycles. The van der Waals surface area contributed by atoms with Crippen LogP contribution in [0.5, 0.6) is 0 Å². The van der Waals surface area contributed by atoms with Crippen LogP contribution in [0.2, 0.25) is 0 Å². The Morgan fingerprint density at radius 3 is 2.50 bits per heavy atom. The highest BCUT2D eigenvalue weighted by Crippen LogP contribution is 2.30. The van der Waals surface area contributed by atoms with Crippen molar-refractivity contribution in [2.75, 3.05) is 18.8 Å². The van der Waals surface area contributed by atoms with Crippen molar-refractivity contribution < 1.29 is 13.2 Å². The molecule has 0 saturated carbocycles. The highest BCUT2D eigenvalue weighted by atomic mass is 32.2. The fourth-order valence-corrected chi connectivity index (χ4v) is 4.85. The van der Waals surface area contributed by atoms with Crippen molar-refractivity contribution in [3.63, 3.8) is 0 Å². The van der Waals surface area contributed by atoms with Crippen molar-refractivity contribution in [1.29, 1.82) is 0 Å². The first-order valence-corrected chi connectivity index (χ1v) is 10.3. The number of azo groups is 1. The number of aromatic nitrogens is 1. The number of hydrogen-bond acceptors (Lipinski definition) is 5. The Morgan fingerprint density at radius 2 is 1.75 bits per heavy atom. The van der Waals surface area contributed by atoms with Gasteiger partial charge in [-0.25, -0.2) is 8.42 Å². The summed E-state index contributed by atoms with van der Waals surface area (Å²) in [4.78, 5) is 15.4. The summed E-state index contributed by atoms with van der Waals surface area (Å²) >= 11 is 0. The molecule has 2 aromatic carbocycles. The number of nitrogens with two attached hydrogens (primary N) is 1. The van der Waals surface area contributed by atoms with Crippen LogP contribution in [0.3, 0.4) is 0 Å². The van der Waals surface area contributed by atoms with Crippen LogP contribution < -0.4 is 5.73 Å². The van der Waals surface area contributed by atoms with Crippen molar-refractivity contribution in [1.82, 2.24) is 9.29 Å². The molecule has 1 fully saturated rings. The summed E-state index contributed by atoms with van der Waals surface area (Å²) in [5.74, 6) is 0.189. The van der Waals surface area contributed by atoms with E-state index in [0.29, 0.717) is 24.7 Å². The van der Waals surface area contributed by atoms with Crippen LogP contribution in [-0.2, 0) is 10.0 Å². The van der Waals surface area contributed by atoms with Crippen LogP contribution in [0.15, 0.2) is 63.7 Å². The molecule has 0 aliphatic carbocycles. The highest BCUT2D eigenvalue weighted by molar-refractivity contribution is 7.89. The van der Waals surface area contributed by atoms with E-state index in [2.05, 4.69) is 15.2 Å². The minimum absolute atomic E-state index is 0.0880. The predicted molar refractivity (Wildman–Crippen MR) is 106 cm³/mol. The zero-order valence-corrected chi connectivity index (χ0v) is 15.8. The maximum absolute atomic E-state index is 12.7. The van der Waals surface area contributed by atoms with Crippen LogP contribution >= 0.6 is 0 Å². The molecule has 144 valence electrons. The summed E-state index contributed by atoms with van der Waals surface area (Å²) in [5.41, 5.74) is 6.07. The molecule has 3 N–H and O–H groups in total.